The summed E-state index contributed by atoms with van der Waals surface area (Å²) in [5.41, 5.74) is 7.18. The molecular formula is C13H17NO. The van der Waals surface area contributed by atoms with Crippen molar-refractivity contribution in [1.82, 2.24) is 0 Å². The van der Waals surface area contributed by atoms with Gasteiger partial charge >= 0.3 is 0 Å². The molecule has 15 heavy (non-hydrogen) atoms. The number of hydrogen-bond donors (Lipinski definition) is 1. The van der Waals surface area contributed by atoms with E-state index in [0.717, 1.165) is 24.5 Å². The Balaban J connectivity index is 1.60. The van der Waals surface area contributed by atoms with Crippen LogP contribution in [0.3, 0.4) is 0 Å². The molecule has 0 unspecified atom stereocenters. The van der Waals surface area contributed by atoms with Crippen molar-refractivity contribution < 1.29 is 4.74 Å². The number of hydrogen-bond acceptors (Lipinski definition) is 2. The lowest BCUT2D eigenvalue weighted by Gasteiger charge is -2.32. The molecule has 2 fully saturated rings. The van der Waals surface area contributed by atoms with Gasteiger partial charge in [0.05, 0.1) is 0 Å². The topological polar surface area (TPSA) is 35.2 Å². The lowest BCUT2D eigenvalue weighted by molar-refractivity contribution is 0.101. The molecule has 0 bridgehead atoms. The Morgan fingerprint density at radius 3 is 2.27 bits per heavy atom. The van der Waals surface area contributed by atoms with E-state index < -0.39 is 0 Å². The molecule has 0 aliphatic heterocycles. The maximum absolute atomic E-state index is 5.80. The van der Waals surface area contributed by atoms with Crippen LogP contribution in [0.5, 0.6) is 5.75 Å². The largest absolute Gasteiger partial charge is 0.490 e. The minimum absolute atomic E-state index is 0.353. The van der Waals surface area contributed by atoms with Gasteiger partial charge in [-0.1, -0.05) is 12.1 Å². The molecule has 0 spiro atoms. The second-order valence-electron chi connectivity index (χ2n) is 4.81. The zero-order chi connectivity index (χ0) is 10.3. The van der Waals surface area contributed by atoms with Crippen LogP contribution in [0.1, 0.15) is 37.2 Å². The van der Waals surface area contributed by atoms with Crippen LogP contribution in [0.2, 0.25) is 0 Å². The van der Waals surface area contributed by atoms with Gasteiger partial charge in [0.15, 0.2) is 0 Å². The molecule has 1 aromatic rings. The Labute approximate surface area is 90.4 Å². The van der Waals surface area contributed by atoms with Gasteiger partial charge in [-0.15, -0.1) is 0 Å². The van der Waals surface area contributed by atoms with E-state index in [0.29, 0.717) is 12.1 Å². The van der Waals surface area contributed by atoms with E-state index in [9.17, 15) is 0 Å². The molecular weight excluding hydrogens is 186 g/mol. The monoisotopic (exact) mass is 203 g/mol. The predicted molar refractivity (Wildman–Crippen MR) is 60.0 cm³/mol. The summed E-state index contributed by atoms with van der Waals surface area (Å²) >= 11 is 0. The highest BCUT2D eigenvalue weighted by Gasteiger charge is 2.28. The summed E-state index contributed by atoms with van der Waals surface area (Å²) in [6.45, 7) is 0. The summed E-state index contributed by atoms with van der Waals surface area (Å²) < 4.78 is 5.80. The summed E-state index contributed by atoms with van der Waals surface area (Å²) in [6, 6.07) is 8.95. The van der Waals surface area contributed by atoms with E-state index in [2.05, 4.69) is 24.3 Å². The van der Waals surface area contributed by atoms with Gasteiger partial charge in [-0.3, -0.25) is 0 Å². The second-order valence-corrected chi connectivity index (χ2v) is 4.81. The highest BCUT2D eigenvalue weighted by atomic mass is 16.5. The highest BCUT2D eigenvalue weighted by Crippen LogP contribution is 2.40. The van der Waals surface area contributed by atoms with Gasteiger partial charge in [-0.25, -0.2) is 0 Å². The average molecular weight is 203 g/mol. The number of nitrogens with two attached hydrogens (primary N) is 1. The van der Waals surface area contributed by atoms with Gasteiger partial charge in [0.2, 0.25) is 0 Å². The van der Waals surface area contributed by atoms with Crippen LogP contribution in [0.15, 0.2) is 24.3 Å². The van der Waals surface area contributed by atoms with E-state index >= 15 is 0 Å². The molecule has 0 amide bonds. The number of ether oxygens (including phenoxy) is 1. The molecule has 2 aliphatic carbocycles. The van der Waals surface area contributed by atoms with E-state index in [1.54, 1.807) is 0 Å². The van der Waals surface area contributed by atoms with Crippen LogP contribution in [0.25, 0.3) is 0 Å². The van der Waals surface area contributed by atoms with Crippen LogP contribution in [-0.4, -0.2) is 12.1 Å². The fraction of sp³-hybridized carbons (Fsp3) is 0.538. The zero-order valence-corrected chi connectivity index (χ0v) is 8.86. The Bertz CT molecular complexity index is 336. The van der Waals surface area contributed by atoms with Crippen LogP contribution < -0.4 is 10.5 Å². The smallest absolute Gasteiger partial charge is 0.119 e. The van der Waals surface area contributed by atoms with Gasteiger partial charge in [0.25, 0.3) is 0 Å². The molecule has 2 heteroatoms. The number of rotatable bonds is 3. The standard InChI is InChI=1S/C13H17NO/c14-11-7-13(8-11)15-12-5-3-10(4-6-12)9-1-2-9/h3-6,9,11,13H,1-2,7-8,14H2/t11-,13-. The van der Waals surface area contributed by atoms with Gasteiger partial charge in [-0.2, -0.15) is 0 Å². The third-order valence-corrected chi connectivity index (χ3v) is 3.36. The second kappa shape index (κ2) is 3.53. The van der Waals surface area contributed by atoms with E-state index in [1.165, 1.54) is 18.4 Å². The molecule has 80 valence electrons. The van der Waals surface area contributed by atoms with Gasteiger partial charge in [0.1, 0.15) is 11.9 Å². The SMILES string of the molecule is N[C@H]1C[C@H](Oc2ccc(C3CC3)cc2)C1. The van der Waals surface area contributed by atoms with Crippen LogP contribution in [-0.2, 0) is 0 Å². The number of benzene rings is 1. The Kier molecular flexibility index (Phi) is 2.17. The van der Waals surface area contributed by atoms with Crippen molar-refractivity contribution in [1.29, 1.82) is 0 Å². The highest BCUT2D eigenvalue weighted by molar-refractivity contribution is 5.31. The molecule has 2 aliphatic rings. The van der Waals surface area contributed by atoms with Crippen LogP contribution in [0, 0.1) is 0 Å². The lowest BCUT2D eigenvalue weighted by Crippen LogP contribution is -2.43. The Morgan fingerprint density at radius 1 is 1.07 bits per heavy atom. The Morgan fingerprint density at radius 2 is 1.73 bits per heavy atom. The molecule has 2 saturated carbocycles. The maximum Gasteiger partial charge on any atom is 0.119 e. The summed E-state index contributed by atoms with van der Waals surface area (Å²) in [5, 5.41) is 0. The van der Waals surface area contributed by atoms with E-state index in [1.807, 2.05) is 0 Å². The maximum atomic E-state index is 5.80. The molecule has 2 nitrogen and oxygen atoms in total. The third-order valence-electron chi connectivity index (χ3n) is 3.36. The van der Waals surface area contributed by atoms with Crippen molar-refractivity contribution in [2.75, 3.05) is 0 Å². The van der Waals surface area contributed by atoms with Crippen molar-refractivity contribution >= 4 is 0 Å². The first kappa shape index (κ1) is 9.22. The van der Waals surface area contributed by atoms with Gasteiger partial charge in [0, 0.05) is 6.04 Å². The fourth-order valence-corrected chi connectivity index (χ4v) is 2.13. The fourth-order valence-electron chi connectivity index (χ4n) is 2.13. The van der Waals surface area contributed by atoms with Gasteiger partial charge < -0.3 is 10.5 Å². The van der Waals surface area contributed by atoms with E-state index in [-0.39, 0.29) is 0 Å². The van der Waals surface area contributed by atoms with Crippen molar-refractivity contribution in [2.45, 2.75) is 43.7 Å². The van der Waals surface area contributed by atoms with Crippen molar-refractivity contribution in [3.63, 3.8) is 0 Å². The minimum atomic E-state index is 0.353. The van der Waals surface area contributed by atoms with Crippen LogP contribution >= 0.6 is 0 Å². The Hall–Kier alpha value is -1.02. The zero-order valence-electron chi connectivity index (χ0n) is 8.86. The molecule has 0 radical (unpaired) electrons. The first-order valence-corrected chi connectivity index (χ1v) is 5.83. The first-order valence-electron chi connectivity index (χ1n) is 5.83. The summed E-state index contributed by atoms with van der Waals surface area (Å²) in [5.74, 6) is 1.83. The molecule has 0 atom stereocenters. The third kappa shape index (κ3) is 2.00. The molecule has 1 aromatic carbocycles. The van der Waals surface area contributed by atoms with Crippen molar-refractivity contribution in [3.8, 4) is 5.75 Å². The van der Waals surface area contributed by atoms with Crippen molar-refractivity contribution in [2.24, 2.45) is 5.73 Å². The van der Waals surface area contributed by atoms with Crippen LogP contribution in [0.4, 0.5) is 0 Å². The quantitative estimate of drug-likeness (QED) is 0.819. The summed E-state index contributed by atoms with van der Waals surface area (Å²) in [4.78, 5) is 0. The predicted octanol–water partition coefficient (Wildman–Crippen LogP) is 2.43. The molecule has 0 heterocycles. The summed E-state index contributed by atoms with van der Waals surface area (Å²) in [6.07, 6.45) is 5.08. The summed E-state index contributed by atoms with van der Waals surface area (Å²) in [7, 11) is 0. The van der Waals surface area contributed by atoms with Gasteiger partial charge in [-0.05, 0) is 49.3 Å². The molecule has 2 N–H and O–H groups in total. The first-order chi connectivity index (χ1) is 7.31. The average Bonchev–Trinajstić information content (AvgIpc) is 3.00. The molecule has 0 aromatic heterocycles. The normalized spacial score (nSPS) is 29.7. The van der Waals surface area contributed by atoms with Crippen molar-refractivity contribution in [3.05, 3.63) is 29.8 Å². The molecule has 0 saturated heterocycles. The molecule has 3 rings (SSSR count). The minimum Gasteiger partial charge on any atom is -0.490 e. The van der Waals surface area contributed by atoms with E-state index in [4.69, 9.17) is 10.5 Å². The lowest BCUT2D eigenvalue weighted by atomic mass is 9.90.